The molecular formula is C12H14ClN3O4. The summed E-state index contributed by atoms with van der Waals surface area (Å²) >= 11 is 5.83. The summed E-state index contributed by atoms with van der Waals surface area (Å²) in [6.07, 6.45) is 0.774. The minimum atomic E-state index is -0.678. The van der Waals surface area contributed by atoms with E-state index in [0.29, 0.717) is 19.4 Å². The van der Waals surface area contributed by atoms with Gasteiger partial charge in [-0.3, -0.25) is 14.9 Å². The van der Waals surface area contributed by atoms with Crippen LogP contribution in [0, 0.1) is 10.1 Å². The topological polar surface area (TPSA) is 110 Å². The van der Waals surface area contributed by atoms with Crippen molar-refractivity contribution in [1.82, 2.24) is 4.90 Å². The van der Waals surface area contributed by atoms with Gasteiger partial charge in [-0.15, -0.1) is 0 Å². The third-order valence-corrected chi connectivity index (χ3v) is 3.55. The zero-order valence-corrected chi connectivity index (χ0v) is 11.3. The molecule has 0 aliphatic carbocycles. The molecule has 2 rings (SSSR count). The number of carbonyl (C=O) groups is 1. The van der Waals surface area contributed by atoms with Gasteiger partial charge in [-0.05, 0) is 18.9 Å². The van der Waals surface area contributed by atoms with Crippen molar-refractivity contribution in [2.75, 3.05) is 18.8 Å². The summed E-state index contributed by atoms with van der Waals surface area (Å²) in [6.45, 7) is 0.723. The zero-order chi connectivity index (χ0) is 14.9. The number of nitro benzene ring substituents is 1. The Morgan fingerprint density at radius 3 is 2.85 bits per heavy atom. The van der Waals surface area contributed by atoms with Crippen LogP contribution < -0.4 is 5.73 Å². The van der Waals surface area contributed by atoms with Gasteiger partial charge in [0.25, 0.3) is 11.6 Å². The number of hydrogen-bond acceptors (Lipinski definition) is 5. The third kappa shape index (κ3) is 2.83. The molecule has 1 aromatic carbocycles. The Labute approximate surface area is 120 Å². The van der Waals surface area contributed by atoms with Crippen molar-refractivity contribution < 1.29 is 14.8 Å². The number of halogens is 1. The molecule has 20 heavy (non-hydrogen) atoms. The van der Waals surface area contributed by atoms with E-state index in [1.165, 1.54) is 11.0 Å². The Morgan fingerprint density at radius 2 is 2.25 bits per heavy atom. The summed E-state index contributed by atoms with van der Waals surface area (Å²) in [5.41, 5.74) is 5.07. The van der Waals surface area contributed by atoms with Crippen LogP contribution >= 0.6 is 11.6 Å². The van der Waals surface area contributed by atoms with E-state index in [1.807, 2.05) is 0 Å². The SMILES string of the molecule is Nc1c(Cl)cc(C(=O)N2CCCC(O)C2)cc1[N+](=O)[O-]. The summed E-state index contributed by atoms with van der Waals surface area (Å²) in [5.74, 6) is -0.395. The number of amides is 1. The lowest BCUT2D eigenvalue weighted by atomic mass is 10.1. The maximum absolute atomic E-state index is 12.3. The predicted molar refractivity (Wildman–Crippen MR) is 73.7 cm³/mol. The normalized spacial score (nSPS) is 18.9. The predicted octanol–water partition coefficient (Wildman–Crippen LogP) is 1.43. The van der Waals surface area contributed by atoms with Gasteiger partial charge in [-0.25, -0.2) is 0 Å². The van der Waals surface area contributed by atoms with Crippen molar-refractivity contribution >= 4 is 28.9 Å². The van der Waals surface area contributed by atoms with Gasteiger partial charge < -0.3 is 15.7 Å². The van der Waals surface area contributed by atoms with Crippen molar-refractivity contribution in [3.05, 3.63) is 32.8 Å². The van der Waals surface area contributed by atoms with Gasteiger partial charge in [0.05, 0.1) is 16.0 Å². The molecule has 0 aromatic heterocycles. The zero-order valence-electron chi connectivity index (χ0n) is 10.6. The summed E-state index contributed by atoms with van der Waals surface area (Å²) in [4.78, 5) is 23.9. The van der Waals surface area contributed by atoms with Crippen LogP contribution in [0.2, 0.25) is 5.02 Å². The van der Waals surface area contributed by atoms with Gasteiger partial charge in [-0.1, -0.05) is 11.6 Å². The number of nitrogen functional groups attached to an aromatic ring is 1. The van der Waals surface area contributed by atoms with E-state index in [0.717, 1.165) is 6.07 Å². The molecule has 8 heteroatoms. The number of nitrogens with two attached hydrogens (primary N) is 1. The van der Waals surface area contributed by atoms with Crippen LogP contribution in [0.3, 0.4) is 0 Å². The standard InChI is InChI=1S/C12H14ClN3O4/c13-9-4-7(5-10(11(9)14)16(19)20)12(18)15-3-1-2-8(17)6-15/h4-5,8,17H,1-3,6,14H2. The number of anilines is 1. The highest BCUT2D eigenvalue weighted by Crippen LogP contribution is 2.31. The van der Waals surface area contributed by atoms with Crippen LogP contribution in [0.4, 0.5) is 11.4 Å². The monoisotopic (exact) mass is 299 g/mol. The molecule has 1 unspecified atom stereocenters. The van der Waals surface area contributed by atoms with E-state index in [4.69, 9.17) is 17.3 Å². The highest BCUT2D eigenvalue weighted by Gasteiger charge is 2.26. The fraction of sp³-hybridized carbons (Fsp3) is 0.417. The van der Waals surface area contributed by atoms with Gasteiger partial charge in [0, 0.05) is 24.7 Å². The molecule has 0 saturated carbocycles. The molecular weight excluding hydrogens is 286 g/mol. The Bertz CT molecular complexity index is 564. The molecule has 108 valence electrons. The van der Waals surface area contributed by atoms with E-state index in [1.54, 1.807) is 0 Å². The van der Waals surface area contributed by atoms with Crippen molar-refractivity contribution in [3.63, 3.8) is 0 Å². The minimum Gasteiger partial charge on any atom is -0.392 e. The van der Waals surface area contributed by atoms with Gasteiger partial charge >= 0.3 is 0 Å². The first-order valence-electron chi connectivity index (χ1n) is 6.11. The van der Waals surface area contributed by atoms with Crippen LogP contribution in [0.5, 0.6) is 0 Å². The average molecular weight is 300 g/mol. The summed E-state index contributed by atoms with van der Waals surface area (Å²) in [6, 6.07) is 2.43. The van der Waals surface area contributed by atoms with Crippen molar-refractivity contribution in [2.45, 2.75) is 18.9 Å². The maximum atomic E-state index is 12.3. The minimum absolute atomic E-state index is 0.0277. The van der Waals surface area contributed by atoms with Gasteiger partial charge in [0.2, 0.25) is 0 Å². The Hall–Kier alpha value is -1.86. The number of hydrogen-bond donors (Lipinski definition) is 2. The first kappa shape index (κ1) is 14.5. The summed E-state index contributed by atoms with van der Waals surface area (Å²) < 4.78 is 0. The fourth-order valence-electron chi connectivity index (χ4n) is 2.20. The Kier molecular flexibility index (Phi) is 4.10. The van der Waals surface area contributed by atoms with Crippen LogP contribution in [-0.4, -0.2) is 40.0 Å². The number of β-amino-alcohol motifs (C(OH)–C–C–N with tert-alkyl or cyclic N) is 1. The highest BCUT2D eigenvalue weighted by molar-refractivity contribution is 6.34. The second-order valence-electron chi connectivity index (χ2n) is 4.70. The average Bonchev–Trinajstić information content (AvgIpc) is 2.40. The second kappa shape index (κ2) is 5.64. The molecule has 1 saturated heterocycles. The van der Waals surface area contributed by atoms with Crippen LogP contribution in [-0.2, 0) is 0 Å². The first-order chi connectivity index (χ1) is 9.40. The smallest absolute Gasteiger partial charge is 0.294 e. The lowest BCUT2D eigenvalue weighted by Gasteiger charge is -2.30. The maximum Gasteiger partial charge on any atom is 0.294 e. The van der Waals surface area contributed by atoms with Gasteiger partial charge in [0.1, 0.15) is 5.69 Å². The largest absolute Gasteiger partial charge is 0.392 e. The van der Waals surface area contributed by atoms with Crippen LogP contribution in [0.15, 0.2) is 12.1 Å². The van der Waals surface area contributed by atoms with Gasteiger partial charge in [0.15, 0.2) is 0 Å². The number of aliphatic hydroxyl groups excluding tert-OH is 1. The molecule has 1 atom stereocenters. The Morgan fingerprint density at radius 1 is 1.55 bits per heavy atom. The van der Waals surface area contributed by atoms with Crippen LogP contribution in [0.1, 0.15) is 23.2 Å². The molecule has 1 fully saturated rings. The van der Waals surface area contributed by atoms with Crippen molar-refractivity contribution in [2.24, 2.45) is 0 Å². The van der Waals surface area contributed by atoms with Crippen molar-refractivity contribution in [1.29, 1.82) is 0 Å². The molecule has 1 aliphatic rings. The van der Waals surface area contributed by atoms with Crippen LogP contribution in [0.25, 0.3) is 0 Å². The molecule has 0 spiro atoms. The van der Waals surface area contributed by atoms with E-state index in [-0.39, 0.29) is 22.8 Å². The molecule has 3 N–H and O–H groups in total. The fourth-order valence-corrected chi connectivity index (χ4v) is 2.41. The summed E-state index contributed by atoms with van der Waals surface area (Å²) in [5, 5.41) is 20.4. The third-order valence-electron chi connectivity index (χ3n) is 3.24. The highest BCUT2D eigenvalue weighted by atomic mass is 35.5. The number of piperidine rings is 1. The summed E-state index contributed by atoms with van der Waals surface area (Å²) in [7, 11) is 0. The van der Waals surface area contributed by atoms with Gasteiger partial charge in [-0.2, -0.15) is 0 Å². The van der Waals surface area contributed by atoms with E-state index < -0.39 is 22.6 Å². The number of nitrogens with zero attached hydrogens (tertiary/aromatic N) is 2. The van der Waals surface area contributed by atoms with E-state index in [2.05, 4.69) is 0 Å². The number of nitro groups is 1. The molecule has 1 amide bonds. The number of rotatable bonds is 2. The molecule has 1 aliphatic heterocycles. The molecule has 1 aromatic rings. The molecule has 0 bridgehead atoms. The number of aliphatic hydroxyl groups is 1. The number of carbonyl (C=O) groups excluding carboxylic acids is 1. The first-order valence-corrected chi connectivity index (χ1v) is 6.48. The lowest BCUT2D eigenvalue weighted by Crippen LogP contribution is -2.42. The molecule has 7 nitrogen and oxygen atoms in total. The van der Waals surface area contributed by atoms with E-state index >= 15 is 0 Å². The number of benzene rings is 1. The quantitative estimate of drug-likeness (QED) is 0.487. The lowest BCUT2D eigenvalue weighted by molar-refractivity contribution is -0.383. The Balaban J connectivity index is 2.32. The molecule has 0 radical (unpaired) electrons. The van der Waals surface area contributed by atoms with Crippen molar-refractivity contribution in [3.8, 4) is 0 Å². The second-order valence-corrected chi connectivity index (χ2v) is 5.10. The number of likely N-dealkylation sites (tertiary alicyclic amines) is 1. The van der Waals surface area contributed by atoms with E-state index in [9.17, 15) is 20.0 Å². The molecule has 1 heterocycles.